The molecule has 4 aliphatic carbocycles. The maximum Gasteiger partial charge on any atom is 0.102 e. The molecule has 30 heavy (non-hydrogen) atoms. The Morgan fingerprint density at radius 3 is 1.83 bits per heavy atom. The van der Waals surface area contributed by atoms with Gasteiger partial charge in [0.25, 0.3) is 0 Å². The third-order valence-corrected chi connectivity index (χ3v) is 7.83. The van der Waals surface area contributed by atoms with E-state index in [0.29, 0.717) is 0 Å². The van der Waals surface area contributed by atoms with Gasteiger partial charge in [0.2, 0.25) is 0 Å². The molecule has 4 aliphatic rings. The quantitative estimate of drug-likeness (QED) is 0.496. The van der Waals surface area contributed by atoms with E-state index in [1.165, 1.54) is 38.5 Å². The molecule has 0 radical (unpaired) electrons. The molecule has 3 aromatic rings. The number of pyridine rings is 1. The first-order valence-corrected chi connectivity index (χ1v) is 11.3. The van der Waals surface area contributed by atoms with Crippen molar-refractivity contribution in [3.8, 4) is 28.5 Å². The van der Waals surface area contributed by atoms with Gasteiger partial charge < -0.3 is 0 Å². The van der Waals surface area contributed by atoms with Gasteiger partial charge in [-0.15, -0.1) is 0 Å². The fraction of sp³-hybridized carbons (Fsp3) is 0.357. The smallest absolute Gasteiger partial charge is 0.102 e. The number of aromatic nitrogens is 1. The molecule has 0 spiro atoms. The molecule has 1 aromatic heterocycles. The molecule has 2 aromatic carbocycles. The molecule has 0 unspecified atom stereocenters. The maximum absolute atomic E-state index is 10.3. The van der Waals surface area contributed by atoms with E-state index in [-0.39, 0.29) is 5.41 Å². The lowest BCUT2D eigenvalue weighted by molar-refractivity contribution is -0.00725. The molecule has 0 saturated heterocycles. The molecule has 2 heteroatoms. The van der Waals surface area contributed by atoms with Crippen molar-refractivity contribution in [3.05, 3.63) is 78.0 Å². The summed E-state index contributed by atoms with van der Waals surface area (Å²) in [6.45, 7) is 0. The van der Waals surface area contributed by atoms with Crippen LogP contribution in [0.4, 0.5) is 0 Å². The van der Waals surface area contributed by atoms with Crippen molar-refractivity contribution in [1.29, 1.82) is 5.26 Å². The van der Waals surface area contributed by atoms with Crippen LogP contribution in [-0.4, -0.2) is 4.98 Å². The summed E-state index contributed by atoms with van der Waals surface area (Å²) in [7, 11) is 0. The van der Waals surface area contributed by atoms with E-state index >= 15 is 0 Å². The maximum atomic E-state index is 10.3. The molecule has 1 heterocycles. The van der Waals surface area contributed by atoms with E-state index in [1.807, 2.05) is 12.1 Å². The zero-order valence-corrected chi connectivity index (χ0v) is 17.2. The van der Waals surface area contributed by atoms with E-state index in [9.17, 15) is 5.26 Å². The molecule has 0 atom stereocenters. The predicted molar refractivity (Wildman–Crippen MR) is 120 cm³/mol. The van der Waals surface area contributed by atoms with Gasteiger partial charge in [-0.25, -0.2) is 0 Å². The monoisotopic (exact) mass is 390 g/mol. The summed E-state index contributed by atoms with van der Waals surface area (Å²) in [5.41, 5.74) is 6.27. The van der Waals surface area contributed by atoms with Crippen LogP contribution < -0.4 is 0 Å². The van der Waals surface area contributed by atoms with Crippen LogP contribution in [0, 0.1) is 29.1 Å². The Bertz CT molecular complexity index is 1090. The zero-order valence-electron chi connectivity index (χ0n) is 17.2. The average molecular weight is 391 g/mol. The van der Waals surface area contributed by atoms with Crippen LogP contribution in [0.1, 0.15) is 49.8 Å². The Morgan fingerprint density at radius 1 is 0.767 bits per heavy atom. The van der Waals surface area contributed by atoms with Crippen LogP contribution >= 0.6 is 0 Å². The summed E-state index contributed by atoms with van der Waals surface area (Å²) in [5, 5.41) is 10.3. The lowest BCUT2D eigenvalue weighted by Crippen LogP contribution is -2.49. The first-order chi connectivity index (χ1) is 14.7. The molecule has 148 valence electrons. The van der Waals surface area contributed by atoms with E-state index in [4.69, 9.17) is 4.98 Å². The fourth-order valence-electron chi connectivity index (χ4n) is 7.04. The second-order valence-electron chi connectivity index (χ2n) is 9.82. The van der Waals surface area contributed by atoms with Crippen molar-refractivity contribution >= 4 is 0 Å². The topological polar surface area (TPSA) is 36.7 Å². The van der Waals surface area contributed by atoms with Gasteiger partial charge in [0.1, 0.15) is 6.07 Å². The summed E-state index contributed by atoms with van der Waals surface area (Å²) in [4.78, 5) is 5.27. The lowest BCUT2D eigenvalue weighted by Gasteiger charge is -2.56. The fourth-order valence-corrected chi connectivity index (χ4v) is 7.04. The van der Waals surface area contributed by atoms with Crippen LogP contribution in [0.15, 0.2) is 66.7 Å². The third kappa shape index (κ3) is 2.80. The van der Waals surface area contributed by atoms with Gasteiger partial charge >= 0.3 is 0 Å². The Labute approximate surface area is 178 Å². The van der Waals surface area contributed by atoms with Gasteiger partial charge in [-0.1, -0.05) is 60.7 Å². The third-order valence-electron chi connectivity index (χ3n) is 7.83. The van der Waals surface area contributed by atoms with Crippen LogP contribution in [0.25, 0.3) is 22.4 Å². The van der Waals surface area contributed by atoms with Crippen molar-refractivity contribution in [3.63, 3.8) is 0 Å². The predicted octanol–water partition coefficient (Wildman–Crippen LogP) is 6.76. The van der Waals surface area contributed by atoms with Crippen molar-refractivity contribution in [2.24, 2.45) is 17.8 Å². The Hall–Kier alpha value is -2.92. The van der Waals surface area contributed by atoms with Crippen LogP contribution in [-0.2, 0) is 5.41 Å². The molecule has 7 rings (SSSR count). The van der Waals surface area contributed by atoms with Crippen LogP contribution in [0.3, 0.4) is 0 Å². The Balaban J connectivity index is 1.60. The van der Waals surface area contributed by atoms with Crippen molar-refractivity contribution in [2.75, 3.05) is 0 Å². The average Bonchev–Trinajstić information content (AvgIpc) is 2.78. The van der Waals surface area contributed by atoms with Gasteiger partial charge in [-0.3, -0.25) is 4.98 Å². The number of hydrogen-bond donors (Lipinski definition) is 0. The van der Waals surface area contributed by atoms with Gasteiger partial charge in [0.05, 0.1) is 17.0 Å². The van der Waals surface area contributed by atoms with E-state index in [1.54, 1.807) is 0 Å². The number of rotatable bonds is 3. The molecular weight excluding hydrogens is 364 g/mol. The lowest BCUT2D eigenvalue weighted by atomic mass is 9.48. The summed E-state index contributed by atoms with van der Waals surface area (Å²) >= 11 is 0. The van der Waals surface area contributed by atoms with Crippen molar-refractivity contribution in [2.45, 2.75) is 43.9 Å². The molecule has 4 saturated carbocycles. The number of nitrogens with zero attached hydrogens (tertiary/aromatic N) is 2. The minimum absolute atomic E-state index is 0.0914. The standard InChI is InChI=1S/C28H26N2/c29-18-25-24(22-7-3-1-4-8-22)14-26(23-9-5-2-6-10-23)30-27(25)28-15-19-11-20(16-28)13-21(12-19)17-28/h1-10,14,19-21H,11-13,15-17H2. The molecule has 4 bridgehead atoms. The molecule has 2 nitrogen and oxygen atoms in total. The minimum atomic E-state index is 0.0914. The van der Waals surface area contributed by atoms with E-state index in [2.05, 4.69) is 60.7 Å². The van der Waals surface area contributed by atoms with E-state index < -0.39 is 0 Å². The first kappa shape index (κ1) is 17.9. The van der Waals surface area contributed by atoms with E-state index in [0.717, 1.165) is 51.4 Å². The van der Waals surface area contributed by atoms with Crippen molar-refractivity contribution < 1.29 is 0 Å². The normalized spacial score (nSPS) is 29.0. The molecule has 0 aliphatic heterocycles. The molecule has 0 N–H and O–H groups in total. The number of benzene rings is 2. The summed E-state index contributed by atoms with van der Waals surface area (Å²) in [5.74, 6) is 2.47. The highest BCUT2D eigenvalue weighted by Crippen LogP contribution is 2.61. The van der Waals surface area contributed by atoms with Crippen LogP contribution in [0.5, 0.6) is 0 Å². The second kappa shape index (κ2) is 6.81. The second-order valence-corrected chi connectivity index (χ2v) is 9.82. The Kier molecular flexibility index (Phi) is 4.06. The van der Waals surface area contributed by atoms with Crippen LogP contribution in [0.2, 0.25) is 0 Å². The summed E-state index contributed by atoms with van der Waals surface area (Å²) in [6, 6.07) is 25.6. The van der Waals surface area contributed by atoms with Crippen molar-refractivity contribution in [1.82, 2.24) is 4.98 Å². The number of hydrogen-bond acceptors (Lipinski definition) is 2. The zero-order chi connectivity index (χ0) is 20.1. The number of nitriles is 1. The Morgan fingerprint density at radius 2 is 1.30 bits per heavy atom. The highest BCUT2D eigenvalue weighted by atomic mass is 14.8. The largest absolute Gasteiger partial charge is 0.251 e. The van der Waals surface area contributed by atoms with Gasteiger partial charge in [0, 0.05) is 16.5 Å². The van der Waals surface area contributed by atoms with Gasteiger partial charge in [0.15, 0.2) is 0 Å². The highest BCUT2D eigenvalue weighted by Gasteiger charge is 2.53. The molecule has 4 fully saturated rings. The molecule has 0 amide bonds. The first-order valence-electron chi connectivity index (χ1n) is 11.3. The van der Waals surface area contributed by atoms with Gasteiger partial charge in [-0.2, -0.15) is 5.26 Å². The molecular formula is C28H26N2. The summed E-state index contributed by atoms with van der Waals surface area (Å²) < 4.78 is 0. The highest BCUT2D eigenvalue weighted by molar-refractivity contribution is 5.77. The minimum Gasteiger partial charge on any atom is -0.251 e. The SMILES string of the molecule is N#Cc1c(-c2ccccc2)cc(-c2ccccc2)nc1C12CC3CC(CC(C3)C1)C2. The summed E-state index contributed by atoms with van der Waals surface area (Å²) in [6.07, 6.45) is 7.83. The van der Waals surface area contributed by atoms with Gasteiger partial charge in [-0.05, 0) is 67.9 Å².